The molecule has 2 aromatic heterocycles. The van der Waals surface area contributed by atoms with Gasteiger partial charge in [-0.05, 0) is 69.2 Å². The van der Waals surface area contributed by atoms with Gasteiger partial charge in [-0.25, -0.2) is 13.8 Å². The first-order valence-electron chi connectivity index (χ1n) is 12.8. The molecule has 2 N–H and O–H groups in total. The van der Waals surface area contributed by atoms with Crippen molar-refractivity contribution in [3.8, 4) is 0 Å². The lowest BCUT2D eigenvalue weighted by molar-refractivity contribution is 0.0367. The average molecular weight is 514 g/mol. The molecule has 0 unspecified atom stereocenters. The van der Waals surface area contributed by atoms with Gasteiger partial charge in [0.25, 0.3) is 11.8 Å². The Kier molecular flexibility index (Phi) is 7.48. The molecule has 0 spiro atoms. The number of carbonyl (C=O) groups excluding carboxylic acids is 1. The predicted molar refractivity (Wildman–Crippen MR) is 140 cm³/mol. The second-order valence-corrected chi connectivity index (χ2v) is 11.3. The summed E-state index contributed by atoms with van der Waals surface area (Å²) in [6.07, 6.45) is 8.08. The Bertz CT molecular complexity index is 1200. The van der Waals surface area contributed by atoms with Crippen molar-refractivity contribution in [1.29, 1.82) is 0 Å². The fourth-order valence-electron chi connectivity index (χ4n) is 5.28. The lowest BCUT2D eigenvalue weighted by atomic mass is 9.84. The molecule has 36 heavy (non-hydrogen) atoms. The van der Waals surface area contributed by atoms with Crippen LogP contribution in [0, 0.1) is 5.92 Å². The van der Waals surface area contributed by atoms with Crippen LogP contribution in [0.5, 0.6) is 0 Å². The normalized spacial score (nSPS) is 20.8. The van der Waals surface area contributed by atoms with Crippen molar-refractivity contribution in [2.45, 2.75) is 64.0 Å². The molecule has 0 atom stereocenters. The predicted octanol–water partition coefficient (Wildman–Crippen LogP) is 5.50. The van der Waals surface area contributed by atoms with E-state index in [0.29, 0.717) is 16.6 Å². The summed E-state index contributed by atoms with van der Waals surface area (Å²) in [5, 5.41) is 7.52. The molecule has 5 rings (SSSR count). The second-order valence-electron chi connectivity index (χ2n) is 10.2. The number of rotatable bonds is 8. The molecule has 192 valence electrons. The molecule has 1 fully saturated rings. The molecule has 3 heterocycles. The number of pyridine rings is 1. The molecule has 9 heteroatoms. The number of nitrogens with one attached hydrogen (secondary N) is 2. The number of thiazole rings is 1. The molecule has 2 aliphatic rings. The summed E-state index contributed by atoms with van der Waals surface area (Å²) in [5.41, 5.74) is 2.56. The molecule has 1 aliphatic heterocycles. The van der Waals surface area contributed by atoms with E-state index in [1.54, 1.807) is 6.20 Å². The number of fused-ring (bicyclic) bond motifs is 2. The fourth-order valence-corrected chi connectivity index (χ4v) is 6.23. The van der Waals surface area contributed by atoms with E-state index in [0.717, 1.165) is 81.7 Å². The number of carbonyl (C=O) groups is 1. The molecule has 0 radical (unpaired) electrons. The van der Waals surface area contributed by atoms with E-state index in [1.807, 2.05) is 30.3 Å². The number of aromatic nitrogens is 2. The van der Waals surface area contributed by atoms with Crippen LogP contribution in [0.3, 0.4) is 0 Å². The third-order valence-corrected chi connectivity index (χ3v) is 8.40. The SMILES string of the molecule is CC(F)(F)CNc1nc2c(s1)CCN(CCC1CCC(NC(=O)c3cccc4ncccc34)CC1)C2. The molecule has 0 saturated heterocycles. The Hall–Kier alpha value is -2.65. The number of anilines is 1. The highest BCUT2D eigenvalue weighted by Crippen LogP contribution is 2.31. The van der Waals surface area contributed by atoms with Crippen LogP contribution in [0.2, 0.25) is 0 Å². The first-order valence-corrected chi connectivity index (χ1v) is 13.6. The van der Waals surface area contributed by atoms with E-state index in [9.17, 15) is 13.6 Å². The third-order valence-electron chi connectivity index (χ3n) is 7.28. The molecule has 3 aromatic rings. The van der Waals surface area contributed by atoms with Crippen LogP contribution in [0.1, 0.15) is 60.0 Å². The summed E-state index contributed by atoms with van der Waals surface area (Å²) in [7, 11) is 0. The minimum absolute atomic E-state index is 0.0130. The zero-order valence-corrected chi connectivity index (χ0v) is 21.4. The number of nitrogens with zero attached hydrogens (tertiary/aromatic N) is 3. The van der Waals surface area contributed by atoms with Crippen LogP contribution in [0.25, 0.3) is 10.9 Å². The van der Waals surface area contributed by atoms with Gasteiger partial charge in [0.2, 0.25) is 0 Å². The fraction of sp³-hybridized carbons (Fsp3) is 0.519. The van der Waals surface area contributed by atoms with Crippen LogP contribution < -0.4 is 10.6 Å². The molecule has 0 bridgehead atoms. The number of hydrogen-bond acceptors (Lipinski definition) is 6. The number of hydrogen-bond donors (Lipinski definition) is 2. The largest absolute Gasteiger partial charge is 0.355 e. The van der Waals surface area contributed by atoms with E-state index >= 15 is 0 Å². The maximum Gasteiger partial charge on any atom is 0.262 e. The van der Waals surface area contributed by atoms with Crippen molar-refractivity contribution in [3.05, 3.63) is 52.7 Å². The monoisotopic (exact) mass is 513 g/mol. The zero-order valence-electron chi connectivity index (χ0n) is 20.6. The summed E-state index contributed by atoms with van der Waals surface area (Å²) in [6, 6.07) is 9.72. The third kappa shape index (κ3) is 6.18. The lowest BCUT2D eigenvalue weighted by Gasteiger charge is -2.32. The molecule has 6 nitrogen and oxygen atoms in total. The number of alkyl halides is 2. The quantitative estimate of drug-likeness (QED) is 0.417. The summed E-state index contributed by atoms with van der Waals surface area (Å²) in [6.45, 7) is 3.34. The summed E-state index contributed by atoms with van der Waals surface area (Å²) in [5.74, 6) is -2.09. The first kappa shape index (κ1) is 25.0. The maximum atomic E-state index is 13.1. The van der Waals surface area contributed by atoms with Gasteiger partial charge in [0, 0.05) is 48.1 Å². The van der Waals surface area contributed by atoms with Gasteiger partial charge in [0.1, 0.15) is 0 Å². The van der Waals surface area contributed by atoms with Gasteiger partial charge in [-0.3, -0.25) is 14.7 Å². The van der Waals surface area contributed by atoms with Gasteiger partial charge in [-0.1, -0.05) is 12.1 Å². The van der Waals surface area contributed by atoms with Gasteiger partial charge in [-0.2, -0.15) is 0 Å². The lowest BCUT2D eigenvalue weighted by Crippen LogP contribution is -2.38. The maximum absolute atomic E-state index is 13.1. The van der Waals surface area contributed by atoms with Gasteiger partial charge in [0.05, 0.1) is 17.8 Å². The number of benzene rings is 1. The molecule has 1 aliphatic carbocycles. The molecular formula is C27H33F2N5OS. The minimum Gasteiger partial charge on any atom is -0.355 e. The Morgan fingerprint density at radius 1 is 1.19 bits per heavy atom. The number of halogens is 2. The zero-order chi connectivity index (χ0) is 25.1. The second kappa shape index (κ2) is 10.8. The molecule has 1 aromatic carbocycles. The topological polar surface area (TPSA) is 70.2 Å². The average Bonchev–Trinajstić information content (AvgIpc) is 3.29. The summed E-state index contributed by atoms with van der Waals surface area (Å²) in [4.78, 5) is 25.5. The van der Waals surface area contributed by atoms with E-state index < -0.39 is 5.92 Å². The minimum atomic E-state index is -2.74. The van der Waals surface area contributed by atoms with Gasteiger partial charge in [0.15, 0.2) is 5.13 Å². The van der Waals surface area contributed by atoms with E-state index in [1.165, 1.54) is 16.2 Å². The Morgan fingerprint density at radius 2 is 2.03 bits per heavy atom. The Labute approximate surface area is 214 Å². The first-order chi connectivity index (χ1) is 17.3. The highest BCUT2D eigenvalue weighted by atomic mass is 32.1. The van der Waals surface area contributed by atoms with Crippen molar-refractivity contribution < 1.29 is 13.6 Å². The van der Waals surface area contributed by atoms with Crippen LogP contribution >= 0.6 is 11.3 Å². The Balaban J connectivity index is 1.06. The van der Waals surface area contributed by atoms with Crippen molar-refractivity contribution in [1.82, 2.24) is 20.2 Å². The van der Waals surface area contributed by atoms with Gasteiger partial charge in [-0.15, -0.1) is 11.3 Å². The van der Waals surface area contributed by atoms with Gasteiger partial charge >= 0.3 is 0 Å². The van der Waals surface area contributed by atoms with Crippen LogP contribution in [0.15, 0.2) is 36.5 Å². The highest BCUT2D eigenvalue weighted by Gasteiger charge is 2.26. The summed E-state index contributed by atoms with van der Waals surface area (Å²) < 4.78 is 26.3. The van der Waals surface area contributed by atoms with Crippen LogP contribution in [0.4, 0.5) is 13.9 Å². The van der Waals surface area contributed by atoms with Crippen molar-refractivity contribution in [2.24, 2.45) is 5.92 Å². The Morgan fingerprint density at radius 3 is 2.83 bits per heavy atom. The molecule has 1 saturated carbocycles. The standard InChI is InChI=1S/C27H33F2N5OS/c1-27(28,29)17-31-26-33-23-16-34(15-12-24(23)36-26)14-11-18-7-9-19(10-8-18)32-25(35)21-4-2-6-22-20(21)5-3-13-30-22/h2-6,13,18-19H,7-12,14-17H2,1H3,(H,31,33)(H,32,35). The smallest absolute Gasteiger partial charge is 0.262 e. The molecular weight excluding hydrogens is 480 g/mol. The van der Waals surface area contributed by atoms with Crippen molar-refractivity contribution in [2.75, 3.05) is 25.0 Å². The summed E-state index contributed by atoms with van der Waals surface area (Å²) >= 11 is 1.51. The van der Waals surface area contributed by atoms with Crippen molar-refractivity contribution in [3.63, 3.8) is 0 Å². The highest BCUT2D eigenvalue weighted by molar-refractivity contribution is 7.15. The van der Waals surface area contributed by atoms with E-state index in [4.69, 9.17) is 0 Å². The van der Waals surface area contributed by atoms with Crippen LogP contribution in [-0.4, -0.2) is 52.4 Å². The number of amides is 1. The van der Waals surface area contributed by atoms with Gasteiger partial charge < -0.3 is 10.6 Å². The molecule has 1 amide bonds. The van der Waals surface area contributed by atoms with Crippen molar-refractivity contribution >= 4 is 33.3 Å². The van der Waals surface area contributed by atoms with Crippen LogP contribution in [-0.2, 0) is 13.0 Å². The van der Waals surface area contributed by atoms with E-state index in [2.05, 4.69) is 25.5 Å². The van der Waals surface area contributed by atoms with E-state index in [-0.39, 0.29) is 18.5 Å².